The first-order chi connectivity index (χ1) is 11.7. The van der Waals surface area contributed by atoms with Crippen molar-refractivity contribution in [1.82, 2.24) is 9.97 Å². The van der Waals surface area contributed by atoms with E-state index in [4.69, 9.17) is 0 Å². The number of aromatic nitrogens is 2. The summed E-state index contributed by atoms with van der Waals surface area (Å²) in [7, 11) is 2.15. The maximum Gasteiger partial charge on any atom is 0.150 e. The van der Waals surface area contributed by atoms with Gasteiger partial charge in [-0.3, -0.25) is 0 Å². The van der Waals surface area contributed by atoms with Gasteiger partial charge >= 0.3 is 0 Å². The number of thiophene rings is 1. The summed E-state index contributed by atoms with van der Waals surface area (Å²) in [6.45, 7) is 0. The summed E-state index contributed by atoms with van der Waals surface area (Å²) in [5.41, 5.74) is 1.98. The van der Waals surface area contributed by atoms with Crippen molar-refractivity contribution >= 4 is 27.4 Å². The van der Waals surface area contributed by atoms with Crippen molar-refractivity contribution in [2.24, 2.45) is 0 Å². The van der Waals surface area contributed by atoms with Crippen LogP contribution in [0, 0.1) is 5.82 Å². The molecule has 0 aliphatic heterocycles. The van der Waals surface area contributed by atoms with E-state index in [1.165, 1.54) is 44.2 Å². The third kappa shape index (κ3) is 2.88. The molecule has 1 aromatic carbocycles. The molecule has 2 aromatic heterocycles. The predicted octanol–water partition coefficient (Wildman–Crippen LogP) is 5.27. The number of nitrogens with zero attached hydrogens (tertiary/aromatic N) is 3. The maximum absolute atomic E-state index is 13.2. The highest BCUT2D eigenvalue weighted by molar-refractivity contribution is 7.22. The highest BCUT2D eigenvalue weighted by atomic mass is 32.1. The molecule has 0 amide bonds. The van der Waals surface area contributed by atoms with Crippen LogP contribution in [0.4, 0.5) is 10.2 Å². The molecular formula is C19H20FN3S. The fourth-order valence-electron chi connectivity index (χ4n) is 3.49. The standard InChI is InChI=1S/C19H20FN3S/c1-23(15-5-3-2-4-6-15)19-18-16(21-12-22-19)11-17(24-18)13-7-9-14(20)10-8-13/h7-12,15H,2-6H2,1H3. The second kappa shape index (κ2) is 6.48. The lowest BCUT2D eigenvalue weighted by Crippen LogP contribution is -2.33. The summed E-state index contributed by atoms with van der Waals surface area (Å²) in [6.07, 6.45) is 8.06. The van der Waals surface area contributed by atoms with Gasteiger partial charge in [0.1, 0.15) is 18.0 Å². The Kier molecular flexibility index (Phi) is 4.19. The molecule has 1 saturated carbocycles. The summed E-state index contributed by atoms with van der Waals surface area (Å²) >= 11 is 1.69. The van der Waals surface area contributed by atoms with Gasteiger partial charge in [-0.25, -0.2) is 14.4 Å². The lowest BCUT2D eigenvalue weighted by atomic mass is 9.94. The van der Waals surface area contributed by atoms with E-state index in [-0.39, 0.29) is 5.82 Å². The average Bonchev–Trinajstić information content (AvgIpc) is 3.06. The first-order valence-electron chi connectivity index (χ1n) is 8.46. The summed E-state index contributed by atoms with van der Waals surface area (Å²) in [4.78, 5) is 12.4. The largest absolute Gasteiger partial charge is 0.355 e. The molecule has 3 nitrogen and oxygen atoms in total. The second-order valence-corrected chi connectivity index (χ2v) is 7.48. The van der Waals surface area contributed by atoms with Crippen molar-refractivity contribution in [3.63, 3.8) is 0 Å². The first-order valence-corrected chi connectivity index (χ1v) is 9.27. The normalized spacial score (nSPS) is 15.8. The quantitative estimate of drug-likeness (QED) is 0.650. The number of hydrogen-bond acceptors (Lipinski definition) is 4. The maximum atomic E-state index is 13.2. The molecule has 1 aliphatic rings. The molecule has 1 fully saturated rings. The fraction of sp³-hybridized carbons (Fsp3) is 0.368. The molecule has 0 atom stereocenters. The zero-order chi connectivity index (χ0) is 16.5. The minimum absolute atomic E-state index is 0.211. The summed E-state index contributed by atoms with van der Waals surface area (Å²) in [5.74, 6) is 0.808. The number of benzene rings is 1. The van der Waals surface area contributed by atoms with E-state index < -0.39 is 0 Å². The monoisotopic (exact) mass is 341 g/mol. The van der Waals surface area contributed by atoms with E-state index >= 15 is 0 Å². The predicted molar refractivity (Wildman–Crippen MR) is 98.1 cm³/mol. The van der Waals surface area contributed by atoms with Crippen LogP contribution in [0.25, 0.3) is 20.7 Å². The van der Waals surface area contributed by atoms with Crippen LogP contribution in [-0.4, -0.2) is 23.1 Å². The Morgan fingerprint density at radius 3 is 2.58 bits per heavy atom. The number of fused-ring (bicyclic) bond motifs is 1. The van der Waals surface area contributed by atoms with Gasteiger partial charge in [-0.05, 0) is 36.6 Å². The molecule has 0 spiro atoms. The van der Waals surface area contributed by atoms with E-state index in [0.717, 1.165) is 26.5 Å². The van der Waals surface area contributed by atoms with Crippen LogP contribution in [0.15, 0.2) is 36.7 Å². The van der Waals surface area contributed by atoms with Crippen LogP contribution in [0.2, 0.25) is 0 Å². The average molecular weight is 341 g/mol. The van der Waals surface area contributed by atoms with Crippen LogP contribution in [0.1, 0.15) is 32.1 Å². The number of halogens is 1. The van der Waals surface area contributed by atoms with Gasteiger partial charge in [-0.1, -0.05) is 31.4 Å². The Morgan fingerprint density at radius 2 is 1.83 bits per heavy atom. The Hall–Kier alpha value is -2.01. The number of hydrogen-bond donors (Lipinski definition) is 0. The third-order valence-corrected chi connectivity index (χ3v) is 6.05. The zero-order valence-electron chi connectivity index (χ0n) is 13.7. The molecule has 0 unspecified atom stereocenters. The Bertz CT molecular complexity index is 837. The van der Waals surface area contributed by atoms with Gasteiger partial charge in [0.15, 0.2) is 0 Å². The summed E-state index contributed by atoms with van der Waals surface area (Å²) in [5, 5.41) is 0. The molecular weight excluding hydrogens is 321 g/mol. The van der Waals surface area contributed by atoms with Crippen LogP contribution >= 0.6 is 11.3 Å². The van der Waals surface area contributed by atoms with Crippen molar-refractivity contribution in [2.45, 2.75) is 38.1 Å². The van der Waals surface area contributed by atoms with Crippen LogP contribution in [-0.2, 0) is 0 Å². The van der Waals surface area contributed by atoms with Gasteiger partial charge in [0.2, 0.25) is 0 Å². The minimum Gasteiger partial charge on any atom is -0.355 e. The molecule has 5 heteroatoms. The highest BCUT2D eigenvalue weighted by Crippen LogP contribution is 2.38. The van der Waals surface area contributed by atoms with E-state index in [9.17, 15) is 4.39 Å². The van der Waals surface area contributed by atoms with Gasteiger partial charge in [0.25, 0.3) is 0 Å². The van der Waals surface area contributed by atoms with Gasteiger partial charge < -0.3 is 4.90 Å². The summed E-state index contributed by atoms with van der Waals surface area (Å²) in [6, 6.07) is 9.28. The molecule has 124 valence electrons. The second-order valence-electron chi connectivity index (χ2n) is 6.43. The van der Waals surface area contributed by atoms with Gasteiger partial charge in [-0.15, -0.1) is 11.3 Å². The third-order valence-electron chi connectivity index (χ3n) is 4.88. The minimum atomic E-state index is -0.211. The molecule has 3 aromatic rings. The topological polar surface area (TPSA) is 29.0 Å². The number of rotatable bonds is 3. The van der Waals surface area contributed by atoms with E-state index in [1.807, 2.05) is 12.1 Å². The summed E-state index contributed by atoms with van der Waals surface area (Å²) < 4.78 is 14.3. The molecule has 4 rings (SSSR count). The molecule has 1 aliphatic carbocycles. The van der Waals surface area contributed by atoms with E-state index in [2.05, 4.69) is 28.0 Å². The van der Waals surface area contributed by atoms with E-state index in [0.29, 0.717) is 6.04 Å². The van der Waals surface area contributed by atoms with Gasteiger partial charge in [0.05, 0.1) is 10.2 Å². The van der Waals surface area contributed by atoms with Crippen molar-refractivity contribution in [3.8, 4) is 10.4 Å². The van der Waals surface area contributed by atoms with Crippen molar-refractivity contribution in [1.29, 1.82) is 0 Å². The van der Waals surface area contributed by atoms with E-state index in [1.54, 1.807) is 17.7 Å². The van der Waals surface area contributed by atoms with Gasteiger partial charge in [-0.2, -0.15) is 0 Å². The fourth-order valence-corrected chi connectivity index (χ4v) is 4.64. The molecule has 2 heterocycles. The molecule has 0 N–H and O–H groups in total. The lowest BCUT2D eigenvalue weighted by molar-refractivity contribution is 0.426. The molecule has 24 heavy (non-hydrogen) atoms. The SMILES string of the molecule is CN(c1ncnc2cc(-c3ccc(F)cc3)sc12)C1CCCCC1. The van der Waals surface area contributed by atoms with Crippen LogP contribution < -0.4 is 4.90 Å². The smallest absolute Gasteiger partial charge is 0.150 e. The lowest BCUT2D eigenvalue weighted by Gasteiger charge is -2.32. The highest BCUT2D eigenvalue weighted by Gasteiger charge is 2.22. The van der Waals surface area contributed by atoms with Crippen LogP contribution in [0.3, 0.4) is 0 Å². The Morgan fingerprint density at radius 1 is 1.08 bits per heavy atom. The zero-order valence-corrected chi connectivity index (χ0v) is 14.5. The van der Waals surface area contributed by atoms with Crippen molar-refractivity contribution in [3.05, 3.63) is 42.5 Å². The van der Waals surface area contributed by atoms with Crippen molar-refractivity contribution in [2.75, 3.05) is 11.9 Å². The van der Waals surface area contributed by atoms with Crippen LogP contribution in [0.5, 0.6) is 0 Å². The Labute approximate surface area is 145 Å². The Balaban J connectivity index is 1.73. The molecule has 0 bridgehead atoms. The molecule has 0 radical (unpaired) electrons. The van der Waals surface area contributed by atoms with Crippen molar-refractivity contribution < 1.29 is 4.39 Å². The van der Waals surface area contributed by atoms with Gasteiger partial charge in [0, 0.05) is 18.0 Å². The number of anilines is 1. The molecule has 0 saturated heterocycles. The first kappa shape index (κ1) is 15.5.